The third-order valence-corrected chi connectivity index (χ3v) is 6.47. The number of carbonyl (C=O) groups excluding carboxylic acids is 1. The van der Waals surface area contributed by atoms with E-state index < -0.39 is 12.1 Å². The quantitative estimate of drug-likeness (QED) is 0.496. The van der Waals surface area contributed by atoms with Gasteiger partial charge in [-0.15, -0.1) is 0 Å². The predicted octanol–water partition coefficient (Wildman–Crippen LogP) is 5.52. The maximum atomic E-state index is 13.1. The van der Waals surface area contributed by atoms with Crippen LogP contribution in [0.25, 0.3) is 10.9 Å². The lowest BCUT2D eigenvalue weighted by Gasteiger charge is -2.34. The number of hydrogen-bond donors (Lipinski definition) is 1. The molecule has 186 valence electrons. The molecule has 1 amide bonds. The Morgan fingerprint density at radius 2 is 1.80 bits per heavy atom. The van der Waals surface area contributed by atoms with Crippen LogP contribution in [0, 0.1) is 5.92 Å². The van der Waals surface area contributed by atoms with Crippen LogP contribution >= 0.6 is 0 Å². The minimum Gasteiger partial charge on any atom is -0.497 e. The number of methoxy groups -OCH3 is 2. The van der Waals surface area contributed by atoms with Crippen LogP contribution in [0.1, 0.15) is 41.7 Å². The second-order valence-electron chi connectivity index (χ2n) is 8.72. The number of nitrogens with zero attached hydrogens (tertiary/aromatic N) is 2. The van der Waals surface area contributed by atoms with E-state index in [1.807, 2.05) is 36.1 Å². The zero-order chi connectivity index (χ0) is 25.2. The highest BCUT2D eigenvalue weighted by atomic mass is 19.4. The third-order valence-electron chi connectivity index (χ3n) is 6.47. The van der Waals surface area contributed by atoms with Gasteiger partial charge < -0.3 is 19.7 Å². The van der Waals surface area contributed by atoms with E-state index in [1.54, 1.807) is 25.3 Å². The largest absolute Gasteiger partial charge is 0.497 e. The van der Waals surface area contributed by atoms with Gasteiger partial charge in [0.15, 0.2) is 0 Å². The molecule has 1 fully saturated rings. The highest BCUT2D eigenvalue weighted by Gasteiger charge is 2.41. The molecule has 0 saturated carbocycles. The van der Waals surface area contributed by atoms with Gasteiger partial charge in [0.05, 0.1) is 42.9 Å². The maximum absolute atomic E-state index is 13.1. The molecule has 4 rings (SSSR count). The van der Waals surface area contributed by atoms with E-state index in [2.05, 4.69) is 10.3 Å². The monoisotopic (exact) mass is 487 g/mol. The summed E-state index contributed by atoms with van der Waals surface area (Å²) < 4.78 is 50.0. The first-order valence-corrected chi connectivity index (χ1v) is 11.4. The molecule has 1 atom stereocenters. The van der Waals surface area contributed by atoms with E-state index in [0.717, 1.165) is 5.56 Å². The van der Waals surface area contributed by atoms with Gasteiger partial charge in [-0.25, -0.2) is 0 Å². The van der Waals surface area contributed by atoms with E-state index in [0.29, 0.717) is 33.7 Å². The van der Waals surface area contributed by atoms with Crippen LogP contribution in [0.2, 0.25) is 0 Å². The number of nitrogens with one attached hydrogen (secondary N) is 1. The van der Waals surface area contributed by atoms with E-state index in [9.17, 15) is 18.0 Å². The predicted molar refractivity (Wildman–Crippen MR) is 128 cm³/mol. The number of anilines is 1. The fraction of sp³-hybridized carbons (Fsp3) is 0.385. The molecule has 0 unspecified atom stereocenters. The summed E-state index contributed by atoms with van der Waals surface area (Å²) in [6.07, 6.45) is -2.62. The number of aromatic nitrogens is 1. The number of hydrogen-bond acceptors (Lipinski definition) is 5. The standard InChI is InChI=1S/C26H28F3N3O3/c1-16(17-5-4-6-21(12-17)34-2)31-25(33)19-11-18-13-22(35-3)14-23(24(18)30-15-19)32-9-7-20(8-10-32)26(27,28)29/h4-6,11-16,20H,7-10H2,1-3H3,(H,31,33)/t16-/m0/s1. The summed E-state index contributed by atoms with van der Waals surface area (Å²) in [4.78, 5) is 19.4. The number of halogens is 3. The Bertz CT molecular complexity index is 1210. The molecule has 2 heterocycles. The van der Waals surface area contributed by atoms with Crippen molar-refractivity contribution in [1.29, 1.82) is 0 Å². The highest BCUT2D eigenvalue weighted by molar-refractivity contribution is 6.00. The molecule has 1 aliphatic heterocycles. The highest BCUT2D eigenvalue weighted by Crippen LogP contribution is 2.38. The van der Waals surface area contributed by atoms with Crippen molar-refractivity contribution in [1.82, 2.24) is 10.3 Å². The molecule has 1 N–H and O–H groups in total. The van der Waals surface area contributed by atoms with Crippen LogP contribution in [0.4, 0.5) is 18.9 Å². The average molecular weight is 488 g/mol. The Morgan fingerprint density at radius 1 is 1.09 bits per heavy atom. The first-order valence-electron chi connectivity index (χ1n) is 11.4. The molecular formula is C26H28F3N3O3. The van der Waals surface area contributed by atoms with Crippen molar-refractivity contribution < 1.29 is 27.4 Å². The van der Waals surface area contributed by atoms with E-state index in [-0.39, 0.29) is 37.9 Å². The number of carbonyl (C=O) groups is 1. The Hall–Kier alpha value is -3.49. The van der Waals surface area contributed by atoms with Crippen molar-refractivity contribution in [3.8, 4) is 11.5 Å². The van der Waals surface area contributed by atoms with Crippen molar-refractivity contribution in [3.05, 3.63) is 59.8 Å². The fourth-order valence-electron chi connectivity index (χ4n) is 4.41. The summed E-state index contributed by atoms with van der Waals surface area (Å²) in [5, 5.41) is 3.65. The lowest BCUT2D eigenvalue weighted by molar-refractivity contribution is -0.179. The van der Waals surface area contributed by atoms with Gasteiger partial charge in [-0.2, -0.15) is 13.2 Å². The Kier molecular flexibility index (Phi) is 7.05. The first-order chi connectivity index (χ1) is 16.7. The van der Waals surface area contributed by atoms with Crippen molar-refractivity contribution in [2.24, 2.45) is 5.92 Å². The number of rotatable bonds is 6. The molecule has 0 aliphatic carbocycles. The van der Waals surface area contributed by atoms with Gasteiger partial charge in [-0.05, 0) is 49.6 Å². The molecule has 1 saturated heterocycles. The molecule has 2 aromatic carbocycles. The SMILES string of the molecule is COc1cccc([C@H](C)NC(=O)c2cnc3c(N4CCC(C(F)(F)F)CC4)cc(OC)cc3c2)c1. The van der Waals surface area contributed by atoms with E-state index >= 15 is 0 Å². The number of pyridine rings is 1. The number of amides is 1. The molecule has 6 nitrogen and oxygen atoms in total. The second kappa shape index (κ2) is 10.0. The van der Waals surface area contributed by atoms with Crippen LogP contribution in [0.3, 0.4) is 0 Å². The van der Waals surface area contributed by atoms with Gasteiger partial charge >= 0.3 is 6.18 Å². The smallest absolute Gasteiger partial charge is 0.391 e. The van der Waals surface area contributed by atoms with Crippen LogP contribution in [0.5, 0.6) is 11.5 Å². The summed E-state index contributed by atoms with van der Waals surface area (Å²) in [5.41, 5.74) is 2.60. The molecule has 9 heteroatoms. The Morgan fingerprint density at radius 3 is 2.46 bits per heavy atom. The molecule has 0 radical (unpaired) electrons. The van der Waals surface area contributed by atoms with Gasteiger partial charge in [0.2, 0.25) is 0 Å². The van der Waals surface area contributed by atoms with Crippen molar-refractivity contribution >= 4 is 22.5 Å². The number of piperidine rings is 1. The lowest BCUT2D eigenvalue weighted by Crippen LogP contribution is -2.39. The van der Waals surface area contributed by atoms with Crippen LogP contribution in [-0.2, 0) is 0 Å². The molecule has 1 aromatic heterocycles. The molecule has 0 spiro atoms. The van der Waals surface area contributed by atoms with Gasteiger partial charge in [0.25, 0.3) is 5.91 Å². The van der Waals surface area contributed by atoms with Crippen LogP contribution in [0.15, 0.2) is 48.7 Å². The van der Waals surface area contributed by atoms with E-state index in [1.165, 1.54) is 13.3 Å². The van der Waals surface area contributed by atoms with E-state index in [4.69, 9.17) is 9.47 Å². The fourth-order valence-corrected chi connectivity index (χ4v) is 4.41. The van der Waals surface area contributed by atoms with Crippen molar-refractivity contribution in [2.45, 2.75) is 32.0 Å². The van der Waals surface area contributed by atoms with Gasteiger partial charge in [-0.1, -0.05) is 12.1 Å². The average Bonchev–Trinajstić information content (AvgIpc) is 2.87. The molecular weight excluding hydrogens is 459 g/mol. The van der Waals surface area contributed by atoms with Gasteiger partial charge in [-0.3, -0.25) is 9.78 Å². The zero-order valence-electron chi connectivity index (χ0n) is 19.9. The summed E-state index contributed by atoms with van der Waals surface area (Å²) >= 11 is 0. The zero-order valence-corrected chi connectivity index (χ0v) is 19.9. The first kappa shape index (κ1) is 24.6. The number of alkyl halides is 3. The van der Waals surface area contributed by atoms with Crippen LogP contribution in [-0.4, -0.2) is 44.4 Å². The van der Waals surface area contributed by atoms with Crippen LogP contribution < -0.4 is 19.7 Å². The lowest BCUT2D eigenvalue weighted by atomic mass is 9.95. The number of benzene rings is 2. The molecule has 3 aromatic rings. The molecule has 1 aliphatic rings. The normalized spacial score (nSPS) is 15.7. The summed E-state index contributed by atoms with van der Waals surface area (Å²) in [6, 6.07) is 12.5. The summed E-state index contributed by atoms with van der Waals surface area (Å²) in [7, 11) is 3.12. The minimum atomic E-state index is -4.18. The van der Waals surface area contributed by atoms with Crippen molar-refractivity contribution in [2.75, 3.05) is 32.2 Å². The minimum absolute atomic E-state index is 0.0326. The van der Waals surface area contributed by atoms with Crippen molar-refractivity contribution in [3.63, 3.8) is 0 Å². The summed E-state index contributed by atoms with van der Waals surface area (Å²) in [5.74, 6) is -0.319. The topological polar surface area (TPSA) is 63.7 Å². The second-order valence-corrected chi connectivity index (χ2v) is 8.72. The van der Waals surface area contributed by atoms with Gasteiger partial charge in [0.1, 0.15) is 11.5 Å². The summed E-state index contributed by atoms with van der Waals surface area (Å²) in [6.45, 7) is 2.43. The molecule has 0 bridgehead atoms. The Labute approximate surface area is 202 Å². The number of ether oxygens (including phenoxy) is 2. The molecule has 35 heavy (non-hydrogen) atoms. The maximum Gasteiger partial charge on any atom is 0.391 e. The third kappa shape index (κ3) is 5.44. The Balaban J connectivity index is 1.57. The number of fused-ring (bicyclic) bond motifs is 1. The van der Waals surface area contributed by atoms with Gasteiger partial charge in [0, 0.05) is 30.7 Å².